The average molecular weight is 314 g/mol. The highest BCUT2D eigenvalue weighted by Crippen LogP contribution is 2.39. The number of halogens is 4. The molecule has 0 amide bonds. The monoisotopic (exact) mass is 313 g/mol. The molecule has 0 aromatic heterocycles. The Morgan fingerprint density at radius 1 is 1.47 bits per heavy atom. The van der Waals surface area contributed by atoms with Gasteiger partial charge in [0, 0.05) is 10.4 Å². The lowest BCUT2D eigenvalue weighted by atomic mass is 10.1. The molecule has 0 aliphatic heterocycles. The van der Waals surface area contributed by atoms with Gasteiger partial charge in [-0.25, -0.2) is 0 Å². The summed E-state index contributed by atoms with van der Waals surface area (Å²) < 4.78 is 39.8. The van der Waals surface area contributed by atoms with Gasteiger partial charge in [-0.1, -0.05) is 28.1 Å². The Balaban J connectivity index is 3.30. The maximum Gasteiger partial charge on any atom is 0.573 e. The Hall–Kier alpha value is -1.31. The zero-order valence-electron chi connectivity index (χ0n) is 8.49. The quantitative estimate of drug-likeness (QED) is 0.482. The number of nitro groups is 1. The van der Waals surface area contributed by atoms with Gasteiger partial charge in [-0.2, -0.15) is 0 Å². The Labute approximate surface area is 103 Å². The second-order valence-corrected chi connectivity index (χ2v) is 4.49. The van der Waals surface area contributed by atoms with Crippen LogP contribution in [0.4, 0.5) is 18.9 Å². The summed E-state index contributed by atoms with van der Waals surface area (Å²) >= 11 is 3.07. The molecule has 1 rings (SSSR count). The molecule has 0 spiro atoms. The predicted octanol–water partition coefficient (Wildman–Crippen LogP) is 3.95. The largest absolute Gasteiger partial charge is 0.573 e. The summed E-state index contributed by atoms with van der Waals surface area (Å²) in [4.78, 5) is 9.42. The lowest BCUT2D eigenvalue weighted by molar-refractivity contribution is -0.389. The number of alkyl halides is 4. The third kappa shape index (κ3) is 3.58. The van der Waals surface area contributed by atoms with Gasteiger partial charge in [0.25, 0.3) is 0 Å². The number of ether oxygens (including phenoxy) is 1. The Kier molecular flexibility index (Phi) is 3.97. The van der Waals surface area contributed by atoms with Gasteiger partial charge < -0.3 is 4.74 Å². The van der Waals surface area contributed by atoms with E-state index in [1.807, 2.05) is 0 Å². The molecule has 0 aliphatic carbocycles. The highest BCUT2D eigenvalue weighted by molar-refractivity contribution is 9.09. The van der Waals surface area contributed by atoms with Crippen molar-refractivity contribution in [2.24, 2.45) is 0 Å². The molecular weight excluding hydrogens is 307 g/mol. The predicted molar refractivity (Wildman–Crippen MR) is 57.1 cm³/mol. The van der Waals surface area contributed by atoms with E-state index in [2.05, 4.69) is 20.7 Å². The van der Waals surface area contributed by atoms with Crippen molar-refractivity contribution >= 4 is 21.6 Å². The maximum atomic E-state index is 12.1. The van der Waals surface area contributed by atoms with E-state index < -0.39 is 27.5 Å². The number of hydrogen-bond donors (Lipinski definition) is 0. The molecule has 1 aromatic carbocycles. The molecule has 0 fully saturated rings. The van der Waals surface area contributed by atoms with E-state index in [1.54, 1.807) is 6.92 Å². The lowest BCUT2D eigenvalue weighted by Gasteiger charge is -2.12. The molecule has 0 saturated carbocycles. The normalized spacial score (nSPS) is 13.2. The van der Waals surface area contributed by atoms with Gasteiger partial charge in [-0.05, 0) is 13.0 Å². The summed E-state index contributed by atoms with van der Waals surface area (Å²) in [5.41, 5.74) is -0.564. The summed E-state index contributed by atoms with van der Waals surface area (Å²) in [6.07, 6.45) is -4.96. The van der Waals surface area contributed by atoms with E-state index >= 15 is 0 Å². The zero-order chi connectivity index (χ0) is 13.2. The van der Waals surface area contributed by atoms with E-state index in [0.717, 1.165) is 6.07 Å². The fourth-order valence-electron chi connectivity index (χ4n) is 1.26. The van der Waals surface area contributed by atoms with E-state index in [-0.39, 0.29) is 5.56 Å². The van der Waals surface area contributed by atoms with Crippen molar-refractivity contribution in [2.45, 2.75) is 18.1 Å². The van der Waals surface area contributed by atoms with Gasteiger partial charge >= 0.3 is 12.0 Å². The first-order chi connectivity index (χ1) is 7.72. The van der Waals surface area contributed by atoms with Gasteiger partial charge in [0.1, 0.15) is 0 Å². The van der Waals surface area contributed by atoms with Gasteiger partial charge in [-0.15, -0.1) is 13.2 Å². The number of nitro benzene ring substituents is 1. The first kappa shape index (κ1) is 13.8. The van der Waals surface area contributed by atoms with Crippen LogP contribution in [0.1, 0.15) is 17.3 Å². The van der Waals surface area contributed by atoms with Crippen molar-refractivity contribution < 1.29 is 22.8 Å². The molecule has 17 heavy (non-hydrogen) atoms. The molecule has 0 radical (unpaired) electrons. The molecule has 0 aliphatic rings. The molecule has 0 saturated heterocycles. The zero-order valence-corrected chi connectivity index (χ0v) is 10.1. The molecule has 1 aromatic rings. The summed E-state index contributed by atoms with van der Waals surface area (Å²) in [6.45, 7) is 1.57. The van der Waals surface area contributed by atoms with Crippen LogP contribution >= 0.6 is 15.9 Å². The van der Waals surface area contributed by atoms with E-state index in [9.17, 15) is 23.3 Å². The van der Waals surface area contributed by atoms with Crippen LogP contribution in [0.2, 0.25) is 0 Å². The Morgan fingerprint density at radius 3 is 2.47 bits per heavy atom. The van der Waals surface area contributed by atoms with Crippen molar-refractivity contribution in [3.8, 4) is 5.75 Å². The van der Waals surface area contributed by atoms with E-state index in [4.69, 9.17) is 0 Å². The van der Waals surface area contributed by atoms with Crippen LogP contribution in [0.5, 0.6) is 5.75 Å². The number of para-hydroxylation sites is 1. The SMILES string of the molecule is CC(Br)c1cccc(OC(F)(F)F)c1[N+](=O)[O-]. The molecule has 0 heterocycles. The van der Waals surface area contributed by atoms with Crippen LogP contribution in [-0.2, 0) is 0 Å². The van der Waals surface area contributed by atoms with E-state index in [0.29, 0.717) is 0 Å². The van der Waals surface area contributed by atoms with Gasteiger partial charge in [0.2, 0.25) is 5.75 Å². The average Bonchev–Trinajstić information content (AvgIpc) is 2.14. The highest BCUT2D eigenvalue weighted by atomic mass is 79.9. The number of benzene rings is 1. The fraction of sp³-hybridized carbons (Fsp3) is 0.333. The fourth-order valence-corrected chi connectivity index (χ4v) is 1.63. The highest BCUT2D eigenvalue weighted by Gasteiger charge is 2.35. The summed E-state index contributed by atoms with van der Waals surface area (Å²) in [5.74, 6) is -0.814. The standard InChI is InChI=1S/C9H7BrF3NO3/c1-5(10)6-3-2-4-7(8(6)14(15)16)17-9(11,12)13/h2-5H,1H3. The second kappa shape index (κ2) is 4.91. The molecule has 8 heteroatoms. The van der Waals surface area contributed by atoms with Crippen LogP contribution in [-0.4, -0.2) is 11.3 Å². The molecule has 94 valence electrons. The lowest BCUT2D eigenvalue weighted by Crippen LogP contribution is -2.18. The summed E-state index contributed by atoms with van der Waals surface area (Å²) in [5, 5.41) is 10.8. The summed E-state index contributed by atoms with van der Waals surface area (Å²) in [7, 11) is 0. The van der Waals surface area contributed by atoms with Gasteiger partial charge in [0.15, 0.2) is 0 Å². The van der Waals surface area contributed by atoms with Crippen molar-refractivity contribution in [3.05, 3.63) is 33.9 Å². The minimum atomic E-state index is -4.96. The van der Waals surface area contributed by atoms with Crippen molar-refractivity contribution in [1.29, 1.82) is 0 Å². The van der Waals surface area contributed by atoms with Crippen LogP contribution < -0.4 is 4.74 Å². The third-order valence-corrected chi connectivity index (χ3v) is 2.36. The minimum Gasteiger partial charge on any atom is -0.398 e. The number of hydrogen-bond acceptors (Lipinski definition) is 3. The number of nitrogens with zero attached hydrogens (tertiary/aromatic N) is 1. The first-order valence-electron chi connectivity index (χ1n) is 4.39. The molecule has 1 unspecified atom stereocenters. The minimum absolute atomic E-state index is 0.122. The van der Waals surface area contributed by atoms with Crippen molar-refractivity contribution in [2.75, 3.05) is 0 Å². The number of rotatable bonds is 3. The van der Waals surface area contributed by atoms with Gasteiger partial charge in [0.05, 0.1) is 4.92 Å². The maximum absolute atomic E-state index is 12.1. The first-order valence-corrected chi connectivity index (χ1v) is 5.31. The molecule has 0 bridgehead atoms. The second-order valence-electron chi connectivity index (χ2n) is 3.11. The van der Waals surface area contributed by atoms with Crippen LogP contribution in [0.25, 0.3) is 0 Å². The van der Waals surface area contributed by atoms with Crippen molar-refractivity contribution in [3.63, 3.8) is 0 Å². The topological polar surface area (TPSA) is 52.4 Å². The smallest absolute Gasteiger partial charge is 0.398 e. The van der Waals surface area contributed by atoms with Crippen LogP contribution in [0.15, 0.2) is 18.2 Å². The summed E-state index contributed by atoms with van der Waals surface area (Å²) in [6, 6.07) is 3.53. The molecule has 4 nitrogen and oxygen atoms in total. The molecular formula is C9H7BrF3NO3. The van der Waals surface area contributed by atoms with Gasteiger partial charge in [-0.3, -0.25) is 10.1 Å². The Morgan fingerprint density at radius 2 is 2.06 bits per heavy atom. The Bertz CT molecular complexity index is 434. The van der Waals surface area contributed by atoms with Crippen LogP contribution in [0, 0.1) is 10.1 Å². The van der Waals surface area contributed by atoms with E-state index in [1.165, 1.54) is 12.1 Å². The third-order valence-electron chi connectivity index (χ3n) is 1.87. The molecule has 1 atom stereocenters. The van der Waals surface area contributed by atoms with Crippen LogP contribution in [0.3, 0.4) is 0 Å². The van der Waals surface area contributed by atoms with Crippen molar-refractivity contribution in [1.82, 2.24) is 0 Å². The molecule has 0 N–H and O–H groups in total.